The Morgan fingerprint density at radius 2 is 0.802 bits per heavy atom. The molecule has 17 nitrogen and oxygen atoms in total. The van der Waals surface area contributed by atoms with Gasteiger partial charge < -0.3 is 60.3 Å². The van der Waals surface area contributed by atoms with Crippen LogP contribution in [0.25, 0.3) is 0 Å². The molecule has 0 unspecified atom stereocenters. The van der Waals surface area contributed by atoms with Crippen molar-refractivity contribution in [2.75, 3.05) is 44.6 Å². The van der Waals surface area contributed by atoms with Gasteiger partial charge in [0.25, 0.3) is 0 Å². The molecule has 516 valence electrons. The van der Waals surface area contributed by atoms with Gasteiger partial charge in [-0.15, -0.1) is 23.2 Å². The molecule has 12 rings (SSSR count). The number of aliphatic carboxylic acids is 1. The van der Waals surface area contributed by atoms with E-state index in [4.69, 9.17) is 52.6 Å². The fourth-order valence-corrected chi connectivity index (χ4v) is 12.2. The molecule has 6 N–H and O–H groups in total. The molecule has 0 radical (unpaired) electrons. The topological polar surface area (TPSA) is 220 Å². The van der Waals surface area contributed by atoms with Gasteiger partial charge in [-0.3, -0.25) is 14.4 Å². The summed E-state index contributed by atoms with van der Waals surface area (Å²) in [4.78, 5) is 65.3. The lowest BCUT2D eigenvalue weighted by Gasteiger charge is -2.36. The first-order chi connectivity index (χ1) is 45.8. The molecule has 3 aliphatic heterocycles. The highest BCUT2D eigenvalue weighted by molar-refractivity contribution is 6.40. The van der Waals surface area contributed by atoms with Gasteiger partial charge in [0.2, 0.25) is 11.8 Å². The summed E-state index contributed by atoms with van der Waals surface area (Å²) in [5.74, 6) is -0.653. The number of carboxylic acid groups (broad SMARTS) is 1. The van der Waals surface area contributed by atoms with Crippen LogP contribution in [-0.2, 0) is 23.9 Å². The Morgan fingerprint density at radius 1 is 0.479 bits per heavy atom. The molecule has 96 heavy (non-hydrogen) atoms. The lowest BCUT2D eigenvalue weighted by Crippen LogP contribution is -2.51. The van der Waals surface area contributed by atoms with Gasteiger partial charge in [0.1, 0.15) is 64.2 Å². The molecule has 3 saturated heterocycles. The van der Waals surface area contributed by atoms with Gasteiger partial charge >= 0.3 is 18.2 Å². The summed E-state index contributed by atoms with van der Waals surface area (Å²) in [5, 5.41) is 19.2. The Hall–Kier alpha value is -8.04. The standard InChI is InChI=1S/C26H31FN2O4.C21H23FN2O2.C16H21NO4.C10H12FNO.CH2Cl2/c1-26(2,3)33-25(31)29-15-22(17-7-5-4-6-8-17)23(16-29)24(30)28-19-13-21(14-19)32-20-11-9-18(27)10-12-20;22-15-6-8-17(9-7-15)26-18-10-16(11-18)24-21(25)20-13-23-12-19(20)14-4-2-1-3-5-14;1-16(2,3)21-15(20)17-9-12(13(10-17)14(18)19)11-7-5-4-6-8-11;11-7-1-3-9(4-2-7)13-10-5-8(12)6-10;2-1-3/h4-12,19,21-23H,13-16H2,1-3H3,(H,28,30);1-9,16,18-20,23H,10-13H2,(H,24,25);4-8,12-13H,9-10H2,1-3H3,(H,18,19);1-4,8,10H,5-6,12H2;1H2/t19?,21?,22-,23+;16?,18?,19-,20+;12-,13+;;/m000../s1. The lowest BCUT2D eigenvalue weighted by molar-refractivity contribution is -0.141. The summed E-state index contributed by atoms with van der Waals surface area (Å²) in [6.07, 6.45) is 4.23. The fourth-order valence-electron chi connectivity index (χ4n) is 12.2. The first-order valence-electron chi connectivity index (χ1n) is 32.6. The molecule has 4 amide bonds. The van der Waals surface area contributed by atoms with Gasteiger partial charge in [0.05, 0.1) is 23.1 Å². The average Bonchev–Trinajstić information content (AvgIpc) is 1.62. The predicted molar refractivity (Wildman–Crippen MR) is 363 cm³/mol. The summed E-state index contributed by atoms with van der Waals surface area (Å²) in [6.45, 7) is 13.8. The van der Waals surface area contributed by atoms with Crippen molar-refractivity contribution in [2.24, 2.45) is 23.5 Å². The SMILES string of the molecule is CC(C)(C)OC(=O)N1C[C@@H](C(=O)NC2CC(Oc3ccc(F)cc3)C2)[C@H](c2ccccc2)C1.CC(C)(C)OC(=O)N1C[C@@H](C(=O)O)[C@H](c2ccccc2)C1.ClCCl.NC1CC(Oc2ccc(F)cc2)C1.O=C(NC1CC(Oc2ccc(F)cc2)C1)[C@@H]1CNC[C@H]1c1ccccc1. The molecule has 3 saturated carbocycles. The third-order valence-corrected chi connectivity index (χ3v) is 17.2. The van der Waals surface area contributed by atoms with Crippen molar-refractivity contribution >= 4 is 53.2 Å². The van der Waals surface area contributed by atoms with Crippen LogP contribution in [0.1, 0.15) is 115 Å². The molecule has 3 heterocycles. The van der Waals surface area contributed by atoms with E-state index in [2.05, 4.69) is 28.1 Å². The smallest absolute Gasteiger partial charge is 0.410 e. The maximum Gasteiger partial charge on any atom is 0.410 e. The van der Waals surface area contributed by atoms with Crippen LogP contribution in [0, 0.1) is 35.2 Å². The zero-order valence-electron chi connectivity index (χ0n) is 55.1. The molecule has 0 spiro atoms. The Kier molecular flexibility index (Phi) is 26.7. The zero-order chi connectivity index (χ0) is 69.1. The minimum atomic E-state index is -0.880. The Bertz CT molecular complexity index is 3410. The molecule has 6 aromatic rings. The van der Waals surface area contributed by atoms with Crippen molar-refractivity contribution in [1.82, 2.24) is 25.8 Å². The summed E-state index contributed by atoms with van der Waals surface area (Å²) in [6, 6.07) is 48.0. The number of hydrogen-bond donors (Lipinski definition) is 5. The molecular formula is C74H89Cl2F3N6O11. The maximum atomic E-state index is 13.2. The van der Waals surface area contributed by atoms with E-state index in [1.54, 1.807) is 62.1 Å². The summed E-state index contributed by atoms with van der Waals surface area (Å²) in [5.41, 5.74) is 7.62. The highest BCUT2D eigenvalue weighted by Gasteiger charge is 2.45. The van der Waals surface area contributed by atoms with E-state index in [1.165, 1.54) is 46.9 Å². The number of rotatable bonds is 14. The van der Waals surface area contributed by atoms with Crippen LogP contribution in [0.5, 0.6) is 17.2 Å². The molecule has 6 atom stereocenters. The van der Waals surface area contributed by atoms with Crippen LogP contribution in [0.4, 0.5) is 22.8 Å². The molecule has 0 aromatic heterocycles. The second-order valence-corrected chi connectivity index (χ2v) is 27.7. The number of likely N-dealkylation sites (tertiary alicyclic amines) is 2. The number of amides is 4. The van der Waals surface area contributed by atoms with Gasteiger partial charge in [0, 0.05) is 101 Å². The first kappa shape index (κ1) is 73.8. The zero-order valence-corrected chi connectivity index (χ0v) is 56.6. The van der Waals surface area contributed by atoms with E-state index in [1.807, 2.05) is 99.6 Å². The Labute approximate surface area is 570 Å². The minimum absolute atomic E-state index is 0.00692. The number of hydrogen-bond acceptors (Lipinski definition) is 12. The van der Waals surface area contributed by atoms with E-state index in [0.29, 0.717) is 50.5 Å². The van der Waals surface area contributed by atoms with E-state index in [0.717, 1.165) is 49.1 Å². The van der Waals surface area contributed by atoms with Crippen molar-refractivity contribution in [1.29, 1.82) is 0 Å². The number of alkyl halides is 2. The quantitative estimate of drug-likeness (QED) is 0.0642. The van der Waals surface area contributed by atoms with Gasteiger partial charge in [-0.05, 0) is 144 Å². The number of carboxylic acids is 1. The third-order valence-electron chi connectivity index (χ3n) is 17.2. The van der Waals surface area contributed by atoms with Crippen molar-refractivity contribution in [2.45, 2.75) is 145 Å². The number of carbonyl (C=O) groups excluding carboxylic acids is 4. The van der Waals surface area contributed by atoms with Crippen LogP contribution in [0.15, 0.2) is 164 Å². The number of halogens is 5. The molecule has 22 heteroatoms. The van der Waals surface area contributed by atoms with E-state index >= 15 is 0 Å². The van der Waals surface area contributed by atoms with Gasteiger partial charge in [-0.25, -0.2) is 22.8 Å². The van der Waals surface area contributed by atoms with Gasteiger partial charge in [0.15, 0.2) is 0 Å². The lowest BCUT2D eigenvalue weighted by atomic mass is 9.85. The molecule has 6 fully saturated rings. The fraction of sp³-hybridized carbons (Fsp3) is 0.446. The number of nitrogens with zero attached hydrogens (tertiary/aromatic N) is 2. The van der Waals surface area contributed by atoms with Crippen molar-refractivity contribution < 1.29 is 65.9 Å². The number of ether oxygens (including phenoxy) is 5. The van der Waals surface area contributed by atoms with Gasteiger partial charge in [-0.1, -0.05) is 91.0 Å². The summed E-state index contributed by atoms with van der Waals surface area (Å²) >= 11 is 9.53. The van der Waals surface area contributed by atoms with Crippen LogP contribution in [0.2, 0.25) is 0 Å². The van der Waals surface area contributed by atoms with E-state index in [9.17, 15) is 42.3 Å². The minimum Gasteiger partial charge on any atom is -0.490 e. The van der Waals surface area contributed by atoms with Crippen LogP contribution in [0.3, 0.4) is 0 Å². The highest BCUT2D eigenvalue weighted by atomic mass is 35.5. The summed E-state index contributed by atoms with van der Waals surface area (Å²) in [7, 11) is 0. The summed E-state index contributed by atoms with van der Waals surface area (Å²) < 4.78 is 66.5. The molecule has 6 aliphatic rings. The Morgan fingerprint density at radius 3 is 1.15 bits per heavy atom. The van der Waals surface area contributed by atoms with E-state index < -0.39 is 35.3 Å². The highest BCUT2D eigenvalue weighted by Crippen LogP contribution is 2.37. The van der Waals surface area contributed by atoms with Crippen molar-refractivity contribution in [3.63, 3.8) is 0 Å². The number of nitrogens with two attached hydrogens (primary N) is 1. The molecule has 6 aromatic carbocycles. The normalized spacial score (nSPS) is 24.6. The maximum absolute atomic E-state index is 13.2. The third kappa shape index (κ3) is 22.5. The first-order valence-corrected chi connectivity index (χ1v) is 33.7. The number of carbonyl (C=O) groups is 5. The van der Waals surface area contributed by atoms with Crippen molar-refractivity contribution in [3.8, 4) is 17.2 Å². The second-order valence-electron chi connectivity index (χ2n) is 26.9. The van der Waals surface area contributed by atoms with Gasteiger partial charge in [-0.2, -0.15) is 0 Å². The molecular weight excluding hydrogens is 1280 g/mol. The molecule has 0 bridgehead atoms. The largest absolute Gasteiger partial charge is 0.490 e. The average molecular weight is 1370 g/mol. The number of nitrogens with one attached hydrogen (secondary N) is 3. The second kappa shape index (κ2) is 34.8. The van der Waals surface area contributed by atoms with Crippen LogP contribution in [-0.4, -0.2) is 137 Å². The van der Waals surface area contributed by atoms with E-state index in [-0.39, 0.29) is 107 Å². The predicted octanol–water partition coefficient (Wildman–Crippen LogP) is 13.2. The van der Waals surface area contributed by atoms with Crippen molar-refractivity contribution in [3.05, 3.63) is 198 Å². The molecule has 3 aliphatic carbocycles. The van der Waals surface area contributed by atoms with Crippen LogP contribution < -0.4 is 35.9 Å². The Balaban J connectivity index is 0.000000168. The monoisotopic (exact) mass is 1360 g/mol. The number of benzene rings is 6. The van der Waals surface area contributed by atoms with Crippen LogP contribution >= 0.6 is 23.2 Å².